The van der Waals surface area contributed by atoms with Crippen molar-refractivity contribution < 1.29 is 9.59 Å². The molecule has 3 nitrogen and oxygen atoms in total. The molecule has 0 N–H and O–H groups in total. The maximum Gasteiger partial charge on any atom is 0.260 e. The zero-order valence-corrected chi connectivity index (χ0v) is 12.2. The van der Waals surface area contributed by atoms with Crippen molar-refractivity contribution in [1.29, 1.82) is 0 Å². The second kappa shape index (κ2) is 6.04. The molecule has 0 radical (unpaired) electrons. The quantitative estimate of drug-likeness (QED) is 0.791. The molecule has 19 heavy (non-hydrogen) atoms. The van der Waals surface area contributed by atoms with Gasteiger partial charge in [0.05, 0.1) is 5.69 Å². The molecule has 0 atom stereocenters. The summed E-state index contributed by atoms with van der Waals surface area (Å²) in [6.45, 7) is 10.1. The van der Waals surface area contributed by atoms with Crippen LogP contribution in [0.2, 0.25) is 10.0 Å². The molecule has 1 rings (SSSR count). The van der Waals surface area contributed by atoms with Crippen LogP contribution in [0.3, 0.4) is 0 Å². The van der Waals surface area contributed by atoms with Crippen LogP contribution in [0.1, 0.15) is 13.8 Å². The summed E-state index contributed by atoms with van der Waals surface area (Å²) in [5.41, 5.74) is 0.745. The maximum absolute atomic E-state index is 12.1. The van der Waals surface area contributed by atoms with Gasteiger partial charge in [0.15, 0.2) is 0 Å². The van der Waals surface area contributed by atoms with Crippen LogP contribution in [0.25, 0.3) is 0 Å². The third-order valence-corrected chi connectivity index (χ3v) is 2.68. The molecule has 0 aliphatic carbocycles. The first-order chi connectivity index (χ1) is 8.73. The van der Waals surface area contributed by atoms with E-state index < -0.39 is 11.8 Å². The smallest absolute Gasteiger partial charge is 0.260 e. The van der Waals surface area contributed by atoms with Crippen LogP contribution in [-0.4, -0.2) is 11.8 Å². The van der Waals surface area contributed by atoms with Gasteiger partial charge >= 0.3 is 0 Å². The van der Waals surface area contributed by atoms with E-state index in [-0.39, 0.29) is 11.1 Å². The minimum absolute atomic E-state index is 0.227. The second-order valence-corrected chi connectivity index (χ2v) is 5.01. The number of halogens is 2. The molecule has 0 aromatic heterocycles. The van der Waals surface area contributed by atoms with E-state index in [1.165, 1.54) is 32.0 Å². The van der Waals surface area contributed by atoms with Gasteiger partial charge in [-0.05, 0) is 32.0 Å². The molecule has 1 aromatic carbocycles. The van der Waals surface area contributed by atoms with Gasteiger partial charge in [0.1, 0.15) is 0 Å². The summed E-state index contributed by atoms with van der Waals surface area (Å²) >= 11 is 11.8. The molecule has 0 unspecified atom stereocenters. The lowest BCUT2D eigenvalue weighted by molar-refractivity contribution is -0.122. The van der Waals surface area contributed by atoms with Crippen molar-refractivity contribution >= 4 is 40.7 Å². The summed E-state index contributed by atoms with van der Waals surface area (Å²) in [6, 6.07) is 4.48. The van der Waals surface area contributed by atoms with Crippen molar-refractivity contribution in [2.75, 3.05) is 4.90 Å². The number of nitrogens with zero attached hydrogens (tertiary/aromatic N) is 1. The molecule has 5 heteroatoms. The van der Waals surface area contributed by atoms with Crippen molar-refractivity contribution in [2.45, 2.75) is 13.8 Å². The third-order valence-electron chi connectivity index (χ3n) is 2.24. The average molecular weight is 298 g/mol. The van der Waals surface area contributed by atoms with Crippen LogP contribution < -0.4 is 4.90 Å². The summed E-state index contributed by atoms with van der Waals surface area (Å²) in [5.74, 6) is -1.04. The first-order valence-electron chi connectivity index (χ1n) is 5.40. The SMILES string of the molecule is C=C(C)C(=O)N(C(=O)C(=C)C)c1cc(Cl)cc(Cl)c1. The molecule has 0 aliphatic rings. The Morgan fingerprint density at radius 1 is 0.947 bits per heavy atom. The molecule has 100 valence electrons. The van der Waals surface area contributed by atoms with Crippen molar-refractivity contribution in [2.24, 2.45) is 0 Å². The van der Waals surface area contributed by atoms with Crippen LogP contribution in [0.15, 0.2) is 42.5 Å². The molecule has 2 amide bonds. The average Bonchev–Trinajstić information content (AvgIpc) is 2.27. The van der Waals surface area contributed by atoms with Crippen molar-refractivity contribution in [1.82, 2.24) is 0 Å². The van der Waals surface area contributed by atoms with E-state index in [2.05, 4.69) is 13.2 Å². The Labute approximate surface area is 122 Å². The molecule has 0 fully saturated rings. The highest BCUT2D eigenvalue weighted by Gasteiger charge is 2.24. The minimum Gasteiger partial charge on any atom is -0.269 e. The van der Waals surface area contributed by atoms with Gasteiger partial charge < -0.3 is 0 Å². The van der Waals surface area contributed by atoms with Crippen LogP contribution in [-0.2, 0) is 9.59 Å². The predicted octanol–water partition coefficient (Wildman–Crippen LogP) is 4.01. The summed E-state index contributed by atoms with van der Waals surface area (Å²) < 4.78 is 0. The third kappa shape index (κ3) is 3.69. The summed E-state index contributed by atoms with van der Waals surface area (Å²) in [4.78, 5) is 25.1. The number of amides is 2. The zero-order valence-electron chi connectivity index (χ0n) is 10.7. The second-order valence-electron chi connectivity index (χ2n) is 4.13. The lowest BCUT2D eigenvalue weighted by Crippen LogP contribution is -2.37. The molecule has 0 saturated heterocycles. The first-order valence-corrected chi connectivity index (χ1v) is 6.15. The van der Waals surface area contributed by atoms with Gasteiger partial charge in [-0.25, -0.2) is 4.90 Å². The van der Waals surface area contributed by atoms with Gasteiger partial charge in [-0.3, -0.25) is 9.59 Å². The number of hydrogen-bond acceptors (Lipinski definition) is 2. The maximum atomic E-state index is 12.1. The number of rotatable bonds is 3. The lowest BCUT2D eigenvalue weighted by Gasteiger charge is -2.21. The summed E-state index contributed by atoms with van der Waals surface area (Å²) in [6.07, 6.45) is 0. The molecule has 0 spiro atoms. The molecule has 0 heterocycles. The summed E-state index contributed by atoms with van der Waals surface area (Å²) in [7, 11) is 0. The highest BCUT2D eigenvalue weighted by Crippen LogP contribution is 2.27. The highest BCUT2D eigenvalue weighted by molar-refractivity contribution is 6.36. The normalized spacial score (nSPS) is 9.89. The Kier molecular flexibility index (Phi) is 4.92. The molecular formula is C14H13Cl2NO2. The first kappa shape index (κ1) is 15.5. The fraction of sp³-hybridized carbons (Fsp3) is 0.143. The Bertz CT molecular complexity index is 533. The van der Waals surface area contributed by atoms with Gasteiger partial charge in [0, 0.05) is 21.2 Å². The highest BCUT2D eigenvalue weighted by atomic mass is 35.5. The number of carbonyl (C=O) groups excluding carboxylic acids is 2. The van der Waals surface area contributed by atoms with Crippen LogP contribution in [0, 0.1) is 0 Å². The largest absolute Gasteiger partial charge is 0.269 e. The van der Waals surface area contributed by atoms with Crippen LogP contribution >= 0.6 is 23.2 Å². The monoisotopic (exact) mass is 297 g/mol. The van der Waals surface area contributed by atoms with E-state index in [1.54, 1.807) is 0 Å². The van der Waals surface area contributed by atoms with Gasteiger partial charge in [0.25, 0.3) is 11.8 Å². The molecular weight excluding hydrogens is 285 g/mol. The van der Waals surface area contributed by atoms with Gasteiger partial charge in [-0.2, -0.15) is 0 Å². The molecule has 0 aliphatic heterocycles. The lowest BCUT2D eigenvalue weighted by atomic mass is 10.2. The van der Waals surface area contributed by atoms with E-state index in [1.807, 2.05) is 0 Å². The van der Waals surface area contributed by atoms with E-state index in [4.69, 9.17) is 23.2 Å². The van der Waals surface area contributed by atoms with Crippen LogP contribution in [0.5, 0.6) is 0 Å². The van der Waals surface area contributed by atoms with Crippen molar-refractivity contribution in [3.63, 3.8) is 0 Å². The standard InChI is InChI=1S/C14H13Cl2NO2/c1-8(2)13(18)17(14(19)9(3)4)12-6-10(15)5-11(16)7-12/h5-7H,1,3H2,2,4H3. The van der Waals surface area contributed by atoms with E-state index in [0.717, 1.165) is 4.90 Å². The summed E-state index contributed by atoms with van der Waals surface area (Å²) in [5, 5.41) is 0.660. The molecule has 0 bridgehead atoms. The Hall–Kier alpha value is -1.58. The van der Waals surface area contributed by atoms with E-state index in [0.29, 0.717) is 15.7 Å². The van der Waals surface area contributed by atoms with Gasteiger partial charge in [-0.1, -0.05) is 36.4 Å². The van der Waals surface area contributed by atoms with Gasteiger partial charge in [0.2, 0.25) is 0 Å². The number of anilines is 1. The van der Waals surface area contributed by atoms with Crippen LogP contribution in [0.4, 0.5) is 5.69 Å². The fourth-order valence-electron chi connectivity index (χ4n) is 1.38. The number of benzene rings is 1. The Morgan fingerprint density at radius 3 is 1.63 bits per heavy atom. The van der Waals surface area contributed by atoms with Gasteiger partial charge in [-0.15, -0.1) is 0 Å². The topological polar surface area (TPSA) is 37.4 Å². The number of carbonyl (C=O) groups is 2. The number of imide groups is 1. The van der Waals surface area contributed by atoms with E-state index in [9.17, 15) is 9.59 Å². The Morgan fingerprint density at radius 2 is 1.32 bits per heavy atom. The minimum atomic E-state index is -0.522. The Balaban J connectivity index is 3.38. The van der Waals surface area contributed by atoms with Crippen molar-refractivity contribution in [3.8, 4) is 0 Å². The zero-order chi connectivity index (χ0) is 14.7. The van der Waals surface area contributed by atoms with Crippen molar-refractivity contribution in [3.05, 3.63) is 52.5 Å². The molecule has 1 aromatic rings. The number of hydrogen-bond donors (Lipinski definition) is 0. The van der Waals surface area contributed by atoms with E-state index >= 15 is 0 Å². The predicted molar refractivity (Wildman–Crippen MR) is 78.6 cm³/mol. The molecule has 0 saturated carbocycles. The fourth-order valence-corrected chi connectivity index (χ4v) is 1.89.